The van der Waals surface area contributed by atoms with Gasteiger partial charge >= 0.3 is 6.18 Å². The van der Waals surface area contributed by atoms with Gasteiger partial charge in [0.15, 0.2) is 0 Å². The van der Waals surface area contributed by atoms with Crippen molar-refractivity contribution in [2.24, 2.45) is 0 Å². The number of aromatic nitrogens is 2. The van der Waals surface area contributed by atoms with Crippen LogP contribution >= 0.6 is 0 Å². The Morgan fingerprint density at radius 3 is 2.54 bits per heavy atom. The van der Waals surface area contributed by atoms with E-state index in [2.05, 4.69) is 22.2 Å². The third kappa shape index (κ3) is 4.71. The minimum atomic E-state index is -4.54. The number of imidazole rings is 1. The van der Waals surface area contributed by atoms with Crippen molar-refractivity contribution in [2.75, 3.05) is 0 Å². The number of carbonyl (C=O) groups excluding carboxylic acids is 1. The largest absolute Gasteiger partial charge is 0.449 e. The van der Waals surface area contributed by atoms with E-state index in [9.17, 15) is 18.0 Å². The van der Waals surface area contributed by atoms with Gasteiger partial charge in [0, 0.05) is 6.42 Å². The molecule has 0 aliphatic rings. The van der Waals surface area contributed by atoms with Gasteiger partial charge in [-0.2, -0.15) is 13.2 Å². The molecule has 3 aromatic rings. The van der Waals surface area contributed by atoms with E-state index in [0.717, 1.165) is 24.8 Å². The van der Waals surface area contributed by atoms with E-state index in [1.165, 1.54) is 6.07 Å². The molecule has 0 bridgehead atoms. The number of hydrogen-bond donors (Lipinski definition) is 2. The first kappa shape index (κ1) is 19.9. The van der Waals surface area contributed by atoms with Gasteiger partial charge in [-0.05, 0) is 29.7 Å². The van der Waals surface area contributed by atoms with Crippen LogP contribution in [0.2, 0.25) is 0 Å². The van der Waals surface area contributed by atoms with Crippen LogP contribution in [0, 0.1) is 0 Å². The molecule has 28 heavy (non-hydrogen) atoms. The van der Waals surface area contributed by atoms with Crippen molar-refractivity contribution in [3.63, 3.8) is 0 Å². The van der Waals surface area contributed by atoms with Gasteiger partial charge in [-0.3, -0.25) is 4.79 Å². The first-order chi connectivity index (χ1) is 13.4. The lowest BCUT2D eigenvalue weighted by Gasteiger charge is -2.20. The second-order valence-electron chi connectivity index (χ2n) is 6.73. The molecular weight excluding hydrogens is 367 g/mol. The van der Waals surface area contributed by atoms with Crippen LogP contribution in [-0.4, -0.2) is 15.9 Å². The lowest BCUT2D eigenvalue weighted by atomic mass is 9.98. The molecule has 0 saturated carbocycles. The number of unbranched alkanes of at least 4 members (excludes halogenated alkanes) is 2. The van der Waals surface area contributed by atoms with E-state index in [4.69, 9.17) is 0 Å². The maximum absolute atomic E-state index is 12.9. The Morgan fingerprint density at radius 2 is 1.86 bits per heavy atom. The summed E-state index contributed by atoms with van der Waals surface area (Å²) in [5.41, 5.74) is 2.07. The average molecular weight is 389 g/mol. The van der Waals surface area contributed by atoms with Crippen LogP contribution in [0.25, 0.3) is 11.0 Å². The molecular formula is C21H22F3N3O. The number of benzene rings is 2. The van der Waals surface area contributed by atoms with Gasteiger partial charge in [-0.25, -0.2) is 4.98 Å². The zero-order chi connectivity index (χ0) is 20.1. The number of aromatic amines is 1. The van der Waals surface area contributed by atoms with Crippen molar-refractivity contribution in [2.45, 2.75) is 44.8 Å². The lowest BCUT2D eigenvalue weighted by molar-refractivity contribution is -0.144. The fourth-order valence-electron chi connectivity index (χ4n) is 3.11. The fourth-order valence-corrected chi connectivity index (χ4v) is 3.11. The Kier molecular flexibility index (Phi) is 6.02. The SMILES string of the molecule is CCCCCC(=O)NC(c1ccccc1)c1ccc2nc(C(F)(F)F)[nH]c2c1. The zero-order valence-corrected chi connectivity index (χ0v) is 15.5. The van der Waals surface area contributed by atoms with Gasteiger partial charge in [0.1, 0.15) is 0 Å². The third-order valence-electron chi connectivity index (χ3n) is 4.55. The summed E-state index contributed by atoms with van der Waals surface area (Å²) in [4.78, 5) is 18.3. The number of halogens is 3. The smallest absolute Gasteiger partial charge is 0.345 e. The van der Waals surface area contributed by atoms with Crippen molar-refractivity contribution in [1.82, 2.24) is 15.3 Å². The van der Waals surface area contributed by atoms with Crippen LogP contribution in [0.4, 0.5) is 13.2 Å². The van der Waals surface area contributed by atoms with Crippen LogP contribution in [0.3, 0.4) is 0 Å². The summed E-state index contributed by atoms with van der Waals surface area (Å²) < 4.78 is 38.8. The van der Waals surface area contributed by atoms with Gasteiger partial charge in [0.2, 0.25) is 11.7 Å². The van der Waals surface area contributed by atoms with E-state index in [1.807, 2.05) is 30.3 Å². The predicted octanol–water partition coefficient (Wildman–Crippen LogP) is 5.37. The summed E-state index contributed by atoms with van der Waals surface area (Å²) in [7, 11) is 0. The molecule has 1 unspecified atom stereocenters. The Morgan fingerprint density at radius 1 is 1.11 bits per heavy atom. The first-order valence-corrected chi connectivity index (χ1v) is 9.29. The monoisotopic (exact) mass is 389 g/mol. The van der Waals surface area contributed by atoms with Crippen molar-refractivity contribution in [3.05, 3.63) is 65.5 Å². The summed E-state index contributed by atoms with van der Waals surface area (Å²) in [6.45, 7) is 2.07. The van der Waals surface area contributed by atoms with Crippen molar-refractivity contribution >= 4 is 16.9 Å². The molecule has 7 heteroatoms. The van der Waals surface area contributed by atoms with Crippen LogP contribution in [-0.2, 0) is 11.0 Å². The summed E-state index contributed by atoms with van der Waals surface area (Å²) in [5, 5.41) is 3.01. The molecule has 2 aromatic carbocycles. The summed E-state index contributed by atoms with van der Waals surface area (Å²) in [6, 6.07) is 13.8. The molecule has 0 radical (unpaired) electrons. The van der Waals surface area contributed by atoms with E-state index in [1.54, 1.807) is 12.1 Å². The Labute approximate surface area is 161 Å². The highest BCUT2D eigenvalue weighted by molar-refractivity contribution is 5.79. The quantitative estimate of drug-likeness (QED) is 0.534. The standard InChI is InChI=1S/C21H22F3N3O/c1-2-3-5-10-18(28)27-19(14-8-6-4-7-9-14)15-11-12-16-17(13-15)26-20(25-16)21(22,23)24/h4,6-9,11-13,19H,2-3,5,10H2,1H3,(H,25,26)(H,27,28). The number of nitrogens with zero attached hydrogens (tertiary/aromatic N) is 1. The molecule has 4 nitrogen and oxygen atoms in total. The van der Waals surface area contributed by atoms with Gasteiger partial charge < -0.3 is 10.3 Å². The highest BCUT2D eigenvalue weighted by Gasteiger charge is 2.34. The summed E-state index contributed by atoms with van der Waals surface area (Å²) in [5.74, 6) is -1.11. The van der Waals surface area contributed by atoms with Gasteiger partial charge in [0.05, 0.1) is 17.1 Å². The van der Waals surface area contributed by atoms with E-state index < -0.39 is 18.0 Å². The van der Waals surface area contributed by atoms with E-state index >= 15 is 0 Å². The first-order valence-electron chi connectivity index (χ1n) is 9.29. The van der Waals surface area contributed by atoms with Crippen molar-refractivity contribution in [3.8, 4) is 0 Å². The normalized spacial score (nSPS) is 12.9. The summed E-state index contributed by atoms with van der Waals surface area (Å²) >= 11 is 0. The van der Waals surface area contributed by atoms with Gasteiger partial charge in [0.25, 0.3) is 0 Å². The number of H-pyrrole nitrogens is 1. The Hall–Kier alpha value is -2.83. The maximum atomic E-state index is 12.9. The molecule has 148 valence electrons. The fraction of sp³-hybridized carbons (Fsp3) is 0.333. The van der Waals surface area contributed by atoms with Crippen LogP contribution in [0.5, 0.6) is 0 Å². The molecule has 1 heterocycles. The van der Waals surface area contributed by atoms with Crippen LogP contribution < -0.4 is 5.32 Å². The molecule has 0 aliphatic carbocycles. The summed E-state index contributed by atoms with van der Waals surface area (Å²) in [6.07, 6.45) is -1.32. The van der Waals surface area contributed by atoms with Crippen molar-refractivity contribution in [1.29, 1.82) is 0 Å². The maximum Gasteiger partial charge on any atom is 0.449 e. The van der Waals surface area contributed by atoms with Crippen LogP contribution in [0.15, 0.2) is 48.5 Å². The number of amides is 1. The Bertz CT molecular complexity index is 935. The molecule has 0 fully saturated rings. The number of rotatable bonds is 7. The molecule has 1 amide bonds. The van der Waals surface area contributed by atoms with E-state index in [0.29, 0.717) is 12.0 Å². The van der Waals surface area contributed by atoms with Crippen molar-refractivity contribution < 1.29 is 18.0 Å². The second kappa shape index (κ2) is 8.46. The number of hydrogen-bond acceptors (Lipinski definition) is 2. The minimum absolute atomic E-state index is 0.0806. The minimum Gasteiger partial charge on any atom is -0.345 e. The van der Waals surface area contributed by atoms with E-state index in [-0.39, 0.29) is 16.9 Å². The van der Waals surface area contributed by atoms with Gasteiger partial charge in [-0.15, -0.1) is 0 Å². The Balaban J connectivity index is 1.92. The highest BCUT2D eigenvalue weighted by atomic mass is 19.4. The third-order valence-corrected chi connectivity index (χ3v) is 4.55. The predicted molar refractivity (Wildman–Crippen MR) is 102 cm³/mol. The molecule has 1 aromatic heterocycles. The number of alkyl halides is 3. The second-order valence-corrected chi connectivity index (χ2v) is 6.73. The molecule has 0 aliphatic heterocycles. The number of carbonyl (C=O) groups is 1. The molecule has 0 spiro atoms. The average Bonchev–Trinajstić information content (AvgIpc) is 3.11. The molecule has 0 saturated heterocycles. The molecule has 2 N–H and O–H groups in total. The molecule has 1 atom stereocenters. The number of fused-ring (bicyclic) bond motifs is 1. The zero-order valence-electron chi connectivity index (χ0n) is 15.5. The number of nitrogens with one attached hydrogen (secondary N) is 2. The highest BCUT2D eigenvalue weighted by Crippen LogP contribution is 2.30. The topological polar surface area (TPSA) is 57.8 Å². The lowest BCUT2D eigenvalue weighted by Crippen LogP contribution is -2.29. The van der Waals surface area contributed by atoms with Crippen LogP contribution in [0.1, 0.15) is 55.6 Å². The molecule has 3 rings (SSSR count). The van der Waals surface area contributed by atoms with Gasteiger partial charge in [-0.1, -0.05) is 56.2 Å².